The van der Waals surface area contributed by atoms with Crippen LogP contribution in [0.5, 0.6) is 5.75 Å². The molecule has 0 fully saturated rings. The highest BCUT2D eigenvalue weighted by atomic mass is 79.9. The minimum absolute atomic E-state index is 0.0911. The number of halogens is 1. The number of thiocarbonyl (C=S) groups is 1. The highest BCUT2D eigenvalue weighted by molar-refractivity contribution is 9.10. The van der Waals surface area contributed by atoms with E-state index in [9.17, 15) is 4.79 Å². The minimum atomic E-state index is -0.0911. The number of rotatable bonds is 8. The maximum atomic E-state index is 12.5. The molecule has 0 aliphatic heterocycles. The lowest BCUT2D eigenvalue weighted by molar-refractivity contribution is 0.0701. The number of benzene rings is 1. The number of hydrogen-bond donors (Lipinski definition) is 1. The number of carbonyl (C=O) groups excluding carboxylic acids is 1. The first-order valence-electron chi connectivity index (χ1n) is 6.39. The van der Waals surface area contributed by atoms with E-state index < -0.39 is 0 Å². The van der Waals surface area contributed by atoms with Crippen LogP contribution in [0.15, 0.2) is 22.7 Å². The minimum Gasteiger partial charge on any atom is -0.496 e. The van der Waals surface area contributed by atoms with Gasteiger partial charge in [0, 0.05) is 32.2 Å². The van der Waals surface area contributed by atoms with Crippen LogP contribution < -0.4 is 10.5 Å². The van der Waals surface area contributed by atoms with Crippen LogP contribution in [0.25, 0.3) is 0 Å². The number of hydrogen-bond acceptors (Lipinski definition) is 4. The van der Waals surface area contributed by atoms with Crippen molar-refractivity contribution in [2.75, 3.05) is 33.9 Å². The van der Waals surface area contributed by atoms with E-state index in [4.69, 9.17) is 27.4 Å². The van der Waals surface area contributed by atoms with Gasteiger partial charge in [-0.05, 0) is 34.1 Å². The molecule has 2 N–H and O–H groups in total. The van der Waals surface area contributed by atoms with E-state index >= 15 is 0 Å². The van der Waals surface area contributed by atoms with E-state index in [1.165, 1.54) is 0 Å². The molecule has 0 saturated heterocycles. The van der Waals surface area contributed by atoms with Crippen LogP contribution >= 0.6 is 28.1 Å². The van der Waals surface area contributed by atoms with Crippen molar-refractivity contribution in [3.8, 4) is 5.75 Å². The summed E-state index contributed by atoms with van der Waals surface area (Å²) in [6, 6.07) is 5.22. The fourth-order valence-electron chi connectivity index (χ4n) is 1.74. The Morgan fingerprint density at radius 1 is 1.38 bits per heavy atom. The number of amides is 1. The topological polar surface area (TPSA) is 64.8 Å². The van der Waals surface area contributed by atoms with Crippen LogP contribution in [0.3, 0.4) is 0 Å². The summed E-state index contributed by atoms with van der Waals surface area (Å²) in [5.74, 6) is 0.588. The zero-order valence-corrected chi connectivity index (χ0v) is 14.5. The molecule has 1 rings (SSSR count). The average molecular weight is 375 g/mol. The molecule has 0 heterocycles. The molecule has 0 saturated carbocycles. The Balaban J connectivity index is 2.87. The van der Waals surface area contributed by atoms with Crippen LogP contribution in [0.2, 0.25) is 0 Å². The van der Waals surface area contributed by atoms with Crippen LogP contribution in [0, 0.1) is 0 Å². The summed E-state index contributed by atoms with van der Waals surface area (Å²) in [5.41, 5.74) is 6.08. The van der Waals surface area contributed by atoms with Crippen molar-refractivity contribution in [3.05, 3.63) is 28.2 Å². The number of nitrogens with zero attached hydrogens (tertiary/aromatic N) is 1. The predicted molar refractivity (Wildman–Crippen MR) is 89.9 cm³/mol. The highest BCUT2D eigenvalue weighted by Crippen LogP contribution is 2.26. The molecule has 0 bridgehead atoms. The van der Waals surface area contributed by atoms with Gasteiger partial charge in [0.15, 0.2) is 0 Å². The maximum absolute atomic E-state index is 12.5. The lowest BCUT2D eigenvalue weighted by Crippen LogP contribution is -2.36. The number of ether oxygens (including phenoxy) is 2. The normalized spacial score (nSPS) is 10.2. The van der Waals surface area contributed by atoms with E-state index in [0.717, 1.165) is 4.47 Å². The third-order valence-electron chi connectivity index (χ3n) is 2.88. The van der Waals surface area contributed by atoms with Gasteiger partial charge in [-0.25, -0.2) is 0 Å². The van der Waals surface area contributed by atoms with Gasteiger partial charge >= 0.3 is 0 Å². The molecule has 0 aliphatic carbocycles. The van der Waals surface area contributed by atoms with Gasteiger partial charge in [0.25, 0.3) is 5.91 Å². The molecule has 0 radical (unpaired) electrons. The van der Waals surface area contributed by atoms with Crippen molar-refractivity contribution in [3.63, 3.8) is 0 Å². The van der Waals surface area contributed by atoms with Gasteiger partial charge in [-0.15, -0.1) is 0 Å². The molecule has 116 valence electrons. The van der Waals surface area contributed by atoms with Crippen LogP contribution in [-0.4, -0.2) is 49.7 Å². The van der Waals surface area contributed by atoms with Gasteiger partial charge in [0.1, 0.15) is 5.75 Å². The second kappa shape index (κ2) is 8.96. The highest BCUT2D eigenvalue weighted by Gasteiger charge is 2.17. The van der Waals surface area contributed by atoms with Crippen molar-refractivity contribution in [1.29, 1.82) is 0 Å². The Hall–Kier alpha value is -1.18. The summed E-state index contributed by atoms with van der Waals surface area (Å²) in [4.78, 5) is 14.6. The molecule has 0 aliphatic rings. The molecular formula is C14H19BrN2O3S. The summed E-state index contributed by atoms with van der Waals surface area (Å²) in [6.07, 6.45) is 0.488. The van der Waals surface area contributed by atoms with Gasteiger partial charge in [0.05, 0.1) is 23.2 Å². The summed E-state index contributed by atoms with van der Waals surface area (Å²) < 4.78 is 10.9. The second-order valence-electron chi connectivity index (χ2n) is 4.35. The molecule has 0 spiro atoms. The average Bonchev–Trinajstić information content (AvgIpc) is 2.46. The number of methoxy groups -OCH3 is 2. The molecule has 1 aromatic rings. The molecule has 0 aromatic heterocycles. The van der Waals surface area contributed by atoms with Crippen molar-refractivity contribution in [2.24, 2.45) is 5.73 Å². The van der Waals surface area contributed by atoms with Crippen LogP contribution in [-0.2, 0) is 4.74 Å². The summed E-state index contributed by atoms with van der Waals surface area (Å²) in [5, 5.41) is 0. The molecule has 1 amide bonds. The first kappa shape index (κ1) is 17.9. The van der Waals surface area contributed by atoms with Crippen LogP contribution in [0.1, 0.15) is 16.8 Å². The fourth-order valence-corrected chi connectivity index (χ4v) is 2.38. The van der Waals surface area contributed by atoms with Gasteiger partial charge < -0.3 is 20.1 Å². The monoisotopic (exact) mass is 374 g/mol. The molecular weight excluding hydrogens is 356 g/mol. The third-order valence-corrected chi connectivity index (χ3v) is 3.70. The second-order valence-corrected chi connectivity index (χ2v) is 5.73. The Morgan fingerprint density at radius 3 is 2.62 bits per heavy atom. The molecule has 0 unspecified atom stereocenters. The summed E-state index contributed by atoms with van der Waals surface area (Å²) in [6.45, 7) is 1.42. The van der Waals surface area contributed by atoms with Crippen LogP contribution in [0.4, 0.5) is 0 Å². The molecule has 7 heteroatoms. The summed E-state index contributed by atoms with van der Waals surface area (Å²) >= 11 is 8.25. The van der Waals surface area contributed by atoms with E-state index in [2.05, 4.69) is 15.9 Å². The third kappa shape index (κ3) is 5.61. The first-order valence-corrected chi connectivity index (χ1v) is 7.59. The van der Waals surface area contributed by atoms with E-state index in [1.54, 1.807) is 37.3 Å². The van der Waals surface area contributed by atoms with Gasteiger partial charge in [-0.1, -0.05) is 12.2 Å². The van der Waals surface area contributed by atoms with Crippen molar-refractivity contribution in [2.45, 2.75) is 6.42 Å². The van der Waals surface area contributed by atoms with Crippen molar-refractivity contribution in [1.82, 2.24) is 4.90 Å². The lowest BCUT2D eigenvalue weighted by Gasteiger charge is -2.22. The van der Waals surface area contributed by atoms with E-state index in [-0.39, 0.29) is 5.91 Å². The first-order chi connectivity index (χ1) is 9.99. The number of nitrogens with two attached hydrogens (primary N) is 1. The fraction of sp³-hybridized carbons (Fsp3) is 0.429. The van der Waals surface area contributed by atoms with Gasteiger partial charge in [-0.2, -0.15) is 0 Å². The Kier molecular flexibility index (Phi) is 7.63. The van der Waals surface area contributed by atoms with Crippen molar-refractivity contribution >= 4 is 39.0 Å². The van der Waals surface area contributed by atoms with Gasteiger partial charge in [-0.3, -0.25) is 4.79 Å². The van der Waals surface area contributed by atoms with E-state index in [0.29, 0.717) is 42.4 Å². The molecule has 1 aromatic carbocycles. The zero-order valence-electron chi connectivity index (χ0n) is 12.1. The number of carbonyl (C=O) groups is 1. The summed E-state index contributed by atoms with van der Waals surface area (Å²) in [7, 11) is 3.18. The van der Waals surface area contributed by atoms with Crippen molar-refractivity contribution < 1.29 is 14.3 Å². The molecule has 5 nitrogen and oxygen atoms in total. The lowest BCUT2D eigenvalue weighted by atomic mass is 10.2. The van der Waals surface area contributed by atoms with E-state index in [1.807, 2.05) is 0 Å². The Morgan fingerprint density at radius 2 is 2.10 bits per heavy atom. The predicted octanol–water partition coefficient (Wildman–Crippen LogP) is 2.22. The maximum Gasteiger partial charge on any atom is 0.253 e. The largest absolute Gasteiger partial charge is 0.496 e. The quantitative estimate of drug-likeness (QED) is 0.706. The SMILES string of the molecule is COCCN(CCC(N)=S)C(=O)c1ccc(OC)c(Br)c1. The standard InChI is InChI=1S/C14H19BrN2O3S/c1-19-8-7-17(6-5-13(16)21)14(18)10-3-4-12(20-2)11(15)9-10/h3-4,9H,5-8H2,1-2H3,(H2,16,21). The Bertz CT molecular complexity index is 511. The smallest absolute Gasteiger partial charge is 0.253 e. The zero-order chi connectivity index (χ0) is 15.8. The molecule has 21 heavy (non-hydrogen) atoms. The molecule has 0 atom stereocenters. The Labute approximate surface area is 138 Å². The van der Waals surface area contributed by atoms with Gasteiger partial charge in [0.2, 0.25) is 0 Å².